The van der Waals surface area contributed by atoms with Crippen LogP contribution in [-0.2, 0) is 10.3 Å². The van der Waals surface area contributed by atoms with Crippen molar-refractivity contribution in [3.05, 3.63) is 11.7 Å². The summed E-state index contributed by atoms with van der Waals surface area (Å²) in [6, 6.07) is 0. The van der Waals surface area contributed by atoms with Gasteiger partial charge in [-0.2, -0.15) is 4.98 Å². The van der Waals surface area contributed by atoms with Crippen LogP contribution in [0.3, 0.4) is 0 Å². The van der Waals surface area contributed by atoms with E-state index >= 15 is 0 Å². The topological polar surface area (TPSA) is 65.2 Å². The number of carbonyl (C=O) groups excluding carboxylic acids is 1. The summed E-state index contributed by atoms with van der Waals surface area (Å²) in [5.41, 5.74) is -0.426. The molecule has 5 nitrogen and oxygen atoms in total. The molecule has 0 N–H and O–H groups in total. The lowest BCUT2D eigenvalue weighted by molar-refractivity contribution is -0.0178. The number of hydrogen-bond donors (Lipinski definition) is 0. The van der Waals surface area contributed by atoms with Crippen LogP contribution in [0.4, 0.5) is 0 Å². The molecule has 1 heterocycles. The molecule has 1 aromatic heterocycles. The number of rotatable bonds is 3. The monoisotopic (exact) mass is 196 g/mol. The van der Waals surface area contributed by atoms with Crippen LogP contribution in [0.15, 0.2) is 4.52 Å². The van der Waals surface area contributed by atoms with E-state index in [-0.39, 0.29) is 5.89 Å². The molecule has 0 spiro atoms. The van der Waals surface area contributed by atoms with Gasteiger partial charge in [-0.15, -0.1) is 0 Å². The Morgan fingerprint density at radius 2 is 2.21 bits per heavy atom. The Bertz CT molecular complexity index is 329. The molecule has 1 aliphatic carbocycles. The average Bonchev–Trinajstić information content (AvgIpc) is 2.87. The molecule has 0 atom stereocenters. The zero-order valence-corrected chi connectivity index (χ0v) is 8.02. The molecule has 0 radical (unpaired) electrons. The fourth-order valence-electron chi connectivity index (χ4n) is 1.93. The summed E-state index contributed by atoms with van der Waals surface area (Å²) in [6.07, 6.45) is 4.52. The highest BCUT2D eigenvalue weighted by Gasteiger charge is 2.40. The van der Waals surface area contributed by atoms with Gasteiger partial charge in [0.1, 0.15) is 5.60 Å². The number of aldehydes is 1. The van der Waals surface area contributed by atoms with Crippen molar-refractivity contribution in [1.29, 1.82) is 0 Å². The summed E-state index contributed by atoms with van der Waals surface area (Å²) in [5.74, 6) is 0.517. The van der Waals surface area contributed by atoms with Gasteiger partial charge in [-0.3, -0.25) is 4.79 Å². The van der Waals surface area contributed by atoms with Crippen molar-refractivity contribution in [2.75, 3.05) is 7.11 Å². The Labute approximate surface area is 81.4 Å². The van der Waals surface area contributed by atoms with Crippen LogP contribution in [0, 0.1) is 0 Å². The molecule has 0 saturated heterocycles. The van der Waals surface area contributed by atoms with E-state index in [1.807, 2.05) is 0 Å². The number of nitrogens with zero attached hydrogens (tertiary/aromatic N) is 2. The van der Waals surface area contributed by atoms with Crippen LogP contribution in [0.1, 0.15) is 42.2 Å². The molecule has 14 heavy (non-hydrogen) atoms. The second-order valence-electron chi connectivity index (χ2n) is 3.48. The first-order valence-electron chi connectivity index (χ1n) is 4.65. The molecule has 1 aliphatic rings. The third kappa shape index (κ3) is 1.33. The van der Waals surface area contributed by atoms with Gasteiger partial charge in [-0.1, -0.05) is 5.16 Å². The highest BCUT2D eigenvalue weighted by molar-refractivity contribution is 5.67. The third-order valence-electron chi connectivity index (χ3n) is 2.75. The largest absolute Gasteiger partial charge is 0.370 e. The maximum atomic E-state index is 10.4. The van der Waals surface area contributed by atoms with Crippen molar-refractivity contribution in [2.45, 2.75) is 31.3 Å². The molecule has 0 unspecified atom stereocenters. The number of methoxy groups -OCH3 is 1. The first kappa shape index (κ1) is 9.33. The Balaban J connectivity index is 2.30. The summed E-state index contributed by atoms with van der Waals surface area (Å²) in [5, 5.41) is 3.77. The van der Waals surface area contributed by atoms with E-state index in [2.05, 4.69) is 10.1 Å². The summed E-state index contributed by atoms with van der Waals surface area (Å²) < 4.78 is 10.2. The van der Waals surface area contributed by atoms with E-state index in [1.54, 1.807) is 7.11 Å². The Morgan fingerprint density at radius 1 is 1.50 bits per heavy atom. The zero-order chi connectivity index (χ0) is 10.0. The van der Waals surface area contributed by atoms with Crippen LogP contribution < -0.4 is 0 Å². The molecule has 0 amide bonds. The summed E-state index contributed by atoms with van der Waals surface area (Å²) in [6.45, 7) is 0. The predicted octanol–water partition coefficient (Wildman–Crippen LogP) is 1.30. The molecule has 1 aromatic rings. The van der Waals surface area contributed by atoms with Crippen LogP contribution in [0.5, 0.6) is 0 Å². The van der Waals surface area contributed by atoms with Gasteiger partial charge in [0.25, 0.3) is 5.89 Å². The molecule has 0 aromatic carbocycles. The summed E-state index contributed by atoms with van der Waals surface area (Å²) in [4.78, 5) is 14.4. The molecule has 1 fully saturated rings. The van der Waals surface area contributed by atoms with E-state index in [4.69, 9.17) is 9.26 Å². The maximum absolute atomic E-state index is 10.4. The standard InChI is InChI=1S/C9H12N2O3/c1-13-9(4-2-3-5-9)8-10-7(6-12)14-11-8/h6H,2-5H2,1H3. The molecule has 5 heteroatoms. The van der Waals surface area contributed by atoms with Gasteiger partial charge in [0.15, 0.2) is 0 Å². The highest BCUT2D eigenvalue weighted by atomic mass is 16.5. The minimum atomic E-state index is -0.426. The van der Waals surface area contributed by atoms with Crippen LogP contribution in [-0.4, -0.2) is 23.5 Å². The van der Waals surface area contributed by atoms with Gasteiger partial charge < -0.3 is 9.26 Å². The molecule has 76 valence electrons. The first-order valence-corrected chi connectivity index (χ1v) is 4.65. The predicted molar refractivity (Wildman–Crippen MR) is 46.8 cm³/mol. The SMILES string of the molecule is COC1(c2noc(C=O)n2)CCCC1. The van der Waals surface area contributed by atoms with Gasteiger partial charge in [-0.25, -0.2) is 0 Å². The first-order chi connectivity index (χ1) is 6.80. The highest BCUT2D eigenvalue weighted by Crippen LogP contribution is 2.39. The lowest BCUT2D eigenvalue weighted by Crippen LogP contribution is -2.26. The Morgan fingerprint density at radius 3 is 2.71 bits per heavy atom. The van der Waals surface area contributed by atoms with Crippen molar-refractivity contribution in [3.8, 4) is 0 Å². The van der Waals surface area contributed by atoms with Crippen molar-refractivity contribution in [2.24, 2.45) is 0 Å². The molecule has 0 aliphatic heterocycles. The van der Waals surface area contributed by atoms with Gasteiger partial charge in [0.05, 0.1) is 0 Å². The number of aromatic nitrogens is 2. The fraction of sp³-hybridized carbons (Fsp3) is 0.667. The van der Waals surface area contributed by atoms with E-state index in [0.717, 1.165) is 25.7 Å². The number of carbonyl (C=O) groups is 1. The van der Waals surface area contributed by atoms with Crippen LogP contribution in [0.25, 0.3) is 0 Å². The van der Waals surface area contributed by atoms with Crippen LogP contribution in [0.2, 0.25) is 0 Å². The fourth-order valence-corrected chi connectivity index (χ4v) is 1.93. The zero-order valence-electron chi connectivity index (χ0n) is 8.02. The van der Waals surface area contributed by atoms with Gasteiger partial charge in [0, 0.05) is 7.11 Å². The van der Waals surface area contributed by atoms with Gasteiger partial charge in [-0.05, 0) is 25.7 Å². The number of hydrogen-bond acceptors (Lipinski definition) is 5. The summed E-state index contributed by atoms with van der Waals surface area (Å²) >= 11 is 0. The molecular formula is C9H12N2O3. The van der Waals surface area contributed by atoms with E-state index in [1.165, 1.54) is 0 Å². The lowest BCUT2D eigenvalue weighted by atomic mass is 10.0. The normalized spacial score (nSPS) is 19.8. The maximum Gasteiger partial charge on any atom is 0.290 e. The second-order valence-corrected chi connectivity index (χ2v) is 3.48. The second kappa shape index (κ2) is 3.49. The molecule has 1 saturated carbocycles. The van der Waals surface area contributed by atoms with Crippen molar-refractivity contribution < 1.29 is 14.1 Å². The molecular weight excluding hydrogens is 184 g/mol. The Hall–Kier alpha value is -1.23. The Kier molecular flexibility index (Phi) is 2.33. The van der Waals surface area contributed by atoms with Gasteiger partial charge in [0.2, 0.25) is 12.1 Å². The van der Waals surface area contributed by atoms with E-state index in [0.29, 0.717) is 12.1 Å². The number of ether oxygens (including phenoxy) is 1. The third-order valence-corrected chi connectivity index (χ3v) is 2.75. The smallest absolute Gasteiger partial charge is 0.290 e. The lowest BCUT2D eigenvalue weighted by Gasteiger charge is -2.22. The molecule has 2 rings (SSSR count). The van der Waals surface area contributed by atoms with Crippen molar-refractivity contribution in [3.63, 3.8) is 0 Å². The van der Waals surface area contributed by atoms with Crippen LogP contribution >= 0.6 is 0 Å². The van der Waals surface area contributed by atoms with Gasteiger partial charge >= 0.3 is 0 Å². The quantitative estimate of drug-likeness (QED) is 0.681. The van der Waals surface area contributed by atoms with Crippen molar-refractivity contribution in [1.82, 2.24) is 10.1 Å². The average molecular weight is 196 g/mol. The van der Waals surface area contributed by atoms with Crippen molar-refractivity contribution >= 4 is 6.29 Å². The minimum Gasteiger partial charge on any atom is -0.370 e. The van der Waals surface area contributed by atoms with E-state index in [9.17, 15) is 4.79 Å². The van der Waals surface area contributed by atoms with E-state index < -0.39 is 5.60 Å². The summed E-state index contributed by atoms with van der Waals surface area (Å²) in [7, 11) is 1.64. The minimum absolute atomic E-state index is 0.0170. The molecule has 0 bridgehead atoms.